The van der Waals surface area contributed by atoms with Gasteiger partial charge in [-0.25, -0.2) is 8.42 Å². The second-order valence-electron chi connectivity index (χ2n) is 12.2. The fraction of sp³-hybridized carbons (Fsp3) is 0.583. The van der Waals surface area contributed by atoms with Gasteiger partial charge in [-0.1, -0.05) is 59.3 Å². The third-order valence-corrected chi connectivity index (χ3v) is 10.5. The highest BCUT2D eigenvalue weighted by molar-refractivity contribution is 7.93. The van der Waals surface area contributed by atoms with E-state index >= 15 is 0 Å². The molecule has 3 aromatic rings. The molecule has 4 rings (SSSR count). The molecule has 1 fully saturated rings. The number of furan rings is 1. The number of benzene rings is 2. The summed E-state index contributed by atoms with van der Waals surface area (Å²) in [5, 5.41) is 0.264. The predicted molar refractivity (Wildman–Crippen MR) is 180 cm³/mol. The quantitative estimate of drug-likeness (QED) is 0.106. The number of ketones is 1. The number of nitrogens with zero attached hydrogens (tertiary/aromatic N) is 1. The molecular formula is C36H52N2O5S. The molecule has 0 radical (unpaired) electrons. The molecule has 1 aromatic heterocycles. The van der Waals surface area contributed by atoms with Gasteiger partial charge in [-0.3, -0.25) is 9.52 Å². The first-order valence-corrected chi connectivity index (χ1v) is 18.5. The number of anilines is 1. The number of rotatable bonds is 19. The van der Waals surface area contributed by atoms with Gasteiger partial charge in [0.1, 0.15) is 17.1 Å². The first-order chi connectivity index (χ1) is 21.4. The van der Waals surface area contributed by atoms with E-state index in [1.807, 2.05) is 24.3 Å². The Hall–Kier alpha value is -2.84. The van der Waals surface area contributed by atoms with Crippen LogP contribution in [-0.4, -0.2) is 50.6 Å². The average molecular weight is 625 g/mol. The minimum atomic E-state index is -3.51. The summed E-state index contributed by atoms with van der Waals surface area (Å²) in [6, 6.07) is 12.6. The summed E-state index contributed by atoms with van der Waals surface area (Å²) in [7, 11) is -3.51. The molecule has 1 aliphatic carbocycles. The van der Waals surface area contributed by atoms with Crippen molar-refractivity contribution in [2.24, 2.45) is 0 Å². The Bertz CT molecular complexity index is 1420. The number of sulfonamides is 1. The molecule has 1 N–H and O–H groups in total. The zero-order chi connectivity index (χ0) is 31.4. The number of nitrogens with one attached hydrogen (secondary N) is 1. The molecular weight excluding hydrogens is 572 g/mol. The van der Waals surface area contributed by atoms with E-state index in [0.717, 1.165) is 63.9 Å². The van der Waals surface area contributed by atoms with Crippen molar-refractivity contribution in [2.45, 2.75) is 109 Å². The lowest BCUT2D eigenvalue weighted by molar-refractivity contribution is 0.103. The molecule has 1 aliphatic rings. The van der Waals surface area contributed by atoms with Crippen LogP contribution in [0.25, 0.3) is 11.0 Å². The number of carbonyl (C=O) groups excluding carboxylic acids is 1. The van der Waals surface area contributed by atoms with E-state index in [1.54, 1.807) is 18.2 Å². The van der Waals surface area contributed by atoms with Gasteiger partial charge < -0.3 is 14.1 Å². The molecule has 8 heteroatoms. The van der Waals surface area contributed by atoms with E-state index in [4.69, 9.17) is 9.15 Å². The summed E-state index contributed by atoms with van der Waals surface area (Å²) in [6.07, 6.45) is 12.7. The molecule has 0 saturated heterocycles. The Labute approximate surface area is 264 Å². The van der Waals surface area contributed by atoms with Gasteiger partial charge in [0.2, 0.25) is 10.0 Å². The molecule has 0 bridgehead atoms. The molecule has 0 amide bonds. The summed E-state index contributed by atoms with van der Waals surface area (Å²) in [5.74, 6) is 1.27. The van der Waals surface area contributed by atoms with Gasteiger partial charge in [-0.2, -0.15) is 0 Å². The van der Waals surface area contributed by atoms with E-state index < -0.39 is 10.0 Å². The van der Waals surface area contributed by atoms with E-state index in [1.165, 1.54) is 25.7 Å². The standard InChI is InChI=1S/C36H52N2O5S/c1-4-7-16-34-35(32-27-29(19-22-33(32)43-34)37-44(40,41)31-14-11-10-12-15-31)36(39)28-17-20-30(21-18-28)42-26-13-25-38(23-8-5-2)24-9-6-3/h17-22,27,31,37H,4-16,23-26H2,1-3H3. The van der Waals surface area contributed by atoms with Crippen LogP contribution in [0.3, 0.4) is 0 Å². The van der Waals surface area contributed by atoms with E-state index in [2.05, 4.69) is 30.4 Å². The second kappa shape index (κ2) is 17.0. The number of carbonyl (C=O) groups is 1. The number of ether oxygens (including phenoxy) is 1. The predicted octanol–water partition coefficient (Wildman–Crippen LogP) is 8.75. The van der Waals surface area contributed by atoms with Gasteiger partial charge >= 0.3 is 0 Å². The third-order valence-electron chi connectivity index (χ3n) is 8.66. The van der Waals surface area contributed by atoms with Crippen molar-refractivity contribution >= 4 is 32.5 Å². The monoisotopic (exact) mass is 624 g/mol. The molecule has 1 saturated carbocycles. The van der Waals surface area contributed by atoms with Crippen LogP contribution in [0, 0.1) is 0 Å². The van der Waals surface area contributed by atoms with Crippen LogP contribution in [0.5, 0.6) is 5.75 Å². The maximum absolute atomic E-state index is 13.9. The van der Waals surface area contributed by atoms with Gasteiger partial charge in [0.15, 0.2) is 5.78 Å². The Morgan fingerprint density at radius 1 is 0.886 bits per heavy atom. The zero-order valence-electron chi connectivity index (χ0n) is 27.0. The van der Waals surface area contributed by atoms with Gasteiger partial charge in [0.25, 0.3) is 0 Å². The lowest BCUT2D eigenvalue weighted by Gasteiger charge is -2.22. The van der Waals surface area contributed by atoms with Crippen molar-refractivity contribution < 1.29 is 22.4 Å². The van der Waals surface area contributed by atoms with Crippen LogP contribution < -0.4 is 9.46 Å². The van der Waals surface area contributed by atoms with Crippen molar-refractivity contribution in [3.8, 4) is 5.75 Å². The van der Waals surface area contributed by atoms with Crippen molar-refractivity contribution in [1.82, 2.24) is 4.90 Å². The summed E-state index contributed by atoms with van der Waals surface area (Å²) in [4.78, 5) is 16.5. The van der Waals surface area contributed by atoms with E-state index in [0.29, 0.717) is 59.4 Å². The Morgan fingerprint density at radius 2 is 1.55 bits per heavy atom. The molecule has 242 valence electrons. The second-order valence-corrected chi connectivity index (χ2v) is 14.2. The van der Waals surface area contributed by atoms with Crippen molar-refractivity contribution in [3.05, 3.63) is 59.4 Å². The van der Waals surface area contributed by atoms with Crippen molar-refractivity contribution in [2.75, 3.05) is 31.0 Å². The van der Waals surface area contributed by atoms with Crippen LogP contribution in [-0.2, 0) is 16.4 Å². The highest BCUT2D eigenvalue weighted by Gasteiger charge is 2.28. The highest BCUT2D eigenvalue weighted by Crippen LogP contribution is 2.33. The summed E-state index contributed by atoms with van der Waals surface area (Å²) in [6.45, 7) is 10.5. The van der Waals surface area contributed by atoms with E-state index in [9.17, 15) is 13.2 Å². The van der Waals surface area contributed by atoms with E-state index in [-0.39, 0.29) is 11.0 Å². The Morgan fingerprint density at radius 3 is 2.20 bits per heavy atom. The highest BCUT2D eigenvalue weighted by atomic mass is 32.2. The van der Waals surface area contributed by atoms with Crippen LogP contribution in [0.1, 0.15) is 120 Å². The zero-order valence-corrected chi connectivity index (χ0v) is 27.9. The summed E-state index contributed by atoms with van der Waals surface area (Å²) >= 11 is 0. The summed E-state index contributed by atoms with van der Waals surface area (Å²) in [5.41, 5.74) is 2.12. The molecule has 7 nitrogen and oxygen atoms in total. The first-order valence-electron chi connectivity index (χ1n) is 16.9. The van der Waals surface area contributed by atoms with Crippen LogP contribution >= 0.6 is 0 Å². The Kier molecular flexibility index (Phi) is 13.2. The Balaban J connectivity index is 1.46. The third kappa shape index (κ3) is 9.33. The molecule has 2 aromatic carbocycles. The number of hydrogen-bond acceptors (Lipinski definition) is 6. The fourth-order valence-electron chi connectivity index (χ4n) is 6.02. The molecule has 0 unspecified atom stereocenters. The lowest BCUT2D eigenvalue weighted by atomic mass is 9.98. The van der Waals surface area contributed by atoms with Gasteiger partial charge in [0, 0.05) is 29.6 Å². The molecule has 0 atom stereocenters. The number of aryl methyl sites for hydroxylation is 1. The number of hydrogen-bond donors (Lipinski definition) is 1. The van der Waals surface area contributed by atoms with Gasteiger partial charge in [0.05, 0.1) is 17.4 Å². The van der Waals surface area contributed by atoms with Gasteiger partial charge in [-0.15, -0.1) is 0 Å². The molecule has 0 aliphatic heterocycles. The van der Waals surface area contributed by atoms with Crippen LogP contribution in [0.2, 0.25) is 0 Å². The average Bonchev–Trinajstić information content (AvgIpc) is 3.40. The lowest BCUT2D eigenvalue weighted by Crippen LogP contribution is -2.29. The van der Waals surface area contributed by atoms with Crippen molar-refractivity contribution in [1.29, 1.82) is 0 Å². The maximum atomic E-state index is 13.9. The smallest absolute Gasteiger partial charge is 0.235 e. The molecule has 44 heavy (non-hydrogen) atoms. The van der Waals surface area contributed by atoms with Gasteiger partial charge in [-0.05, 0) is 94.1 Å². The minimum Gasteiger partial charge on any atom is -0.494 e. The number of unbranched alkanes of at least 4 members (excludes halogenated alkanes) is 3. The normalized spacial score (nSPS) is 14.4. The fourth-order valence-corrected chi connectivity index (χ4v) is 7.60. The topological polar surface area (TPSA) is 88.8 Å². The number of fused-ring (bicyclic) bond motifs is 1. The van der Waals surface area contributed by atoms with Crippen molar-refractivity contribution in [3.63, 3.8) is 0 Å². The largest absolute Gasteiger partial charge is 0.494 e. The summed E-state index contributed by atoms with van der Waals surface area (Å²) < 4.78 is 41.2. The SMILES string of the molecule is CCCCc1oc2ccc(NS(=O)(=O)C3CCCCC3)cc2c1C(=O)c1ccc(OCCCN(CCCC)CCCC)cc1. The van der Waals surface area contributed by atoms with Crippen LogP contribution in [0.4, 0.5) is 5.69 Å². The van der Waals surface area contributed by atoms with Crippen LogP contribution in [0.15, 0.2) is 46.9 Å². The molecule has 0 spiro atoms. The molecule has 1 heterocycles. The maximum Gasteiger partial charge on any atom is 0.235 e. The first kappa shape index (κ1) is 34.0. The minimum absolute atomic E-state index is 0.129.